The van der Waals surface area contributed by atoms with Gasteiger partial charge in [-0.2, -0.15) is 5.10 Å². The van der Waals surface area contributed by atoms with E-state index in [1.54, 1.807) is 17.8 Å². The predicted octanol–water partition coefficient (Wildman–Crippen LogP) is 7.81. The van der Waals surface area contributed by atoms with E-state index >= 15 is 0 Å². The van der Waals surface area contributed by atoms with E-state index in [1.807, 2.05) is 72.3 Å². The van der Waals surface area contributed by atoms with Gasteiger partial charge in [0.1, 0.15) is 5.03 Å². The molecule has 5 heteroatoms. The van der Waals surface area contributed by atoms with Gasteiger partial charge in [0.25, 0.3) is 0 Å². The van der Waals surface area contributed by atoms with E-state index in [4.69, 9.17) is 28.3 Å². The highest BCUT2D eigenvalue weighted by Crippen LogP contribution is 2.37. The van der Waals surface area contributed by atoms with E-state index < -0.39 is 0 Å². The van der Waals surface area contributed by atoms with Crippen LogP contribution < -0.4 is 0 Å². The van der Waals surface area contributed by atoms with Crippen LogP contribution in [0, 0.1) is 6.92 Å². The molecule has 29 heavy (non-hydrogen) atoms. The van der Waals surface area contributed by atoms with E-state index in [-0.39, 0.29) is 0 Å². The molecule has 0 fully saturated rings. The Hall–Kier alpha value is -2.46. The number of hydrogen-bond acceptors (Lipinski definition) is 2. The molecule has 3 aromatic carbocycles. The second kappa shape index (κ2) is 8.91. The van der Waals surface area contributed by atoms with E-state index in [0.717, 1.165) is 32.4 Å². The highest BCUT2D eigenvalue weighted by molar-refractivity contribution is 7.99. The molecule has 0 saturated carbocycles. The third-order valence-corrected chi connectivity index (χ3v) is 5.85. The van der Waals surface area contributed by atoms with Crippen LogP contribution in [0.4, 0.5) is 0 Å². The van der Waals surface area contributed by atoms with E-state index in [1.165, 1.54) is 0 Å². The Labute approximate surface area is 184 Å². The van der Waals surface area contributed by atoms with Crippen LogP contribution in [0.3, 0.4) is 0 Å². The molecule has 0 amide bonds. The van der Waals surface area contributed by atoms with Gasteiger partial charge in [0.2, 0.25) is 0 Å². The van der Waals surface area contributed by atoms with Crippen LogP contribution in [0.15, 0.2) is 88.8 Å². The zero-order valence-corrected chi connectivity index (χ0v) is 18.0. The van der Waals surface area contributed by atoms with Gasteiger partial charge in [0.15, 0.2) is 0 Å². The number of para-hydroxylation sites is 1. The Morgan fingerprint density at radius 2 is 1.45 bits per heavy atom. The maximum Gasteiger partial charge on any atom is 0.112 e. The lowest BCUT2D eigenvalue weighted by atomic mass is 10.1. The Bertz CT molecular complexity index is 1130. The molecular weight excluding hydrogens is 419 g/mol. The molecule has 0 aliphatic heterocycles. The maximum atomic E-state index is 6.23. The topological polar surface area (TPSA) is 17.8 Å². The number of benzene rings is 3. The Morgan fingerprint density at radius 3 is 2.10 bits per heavy atom. The summed E-state index contributed by atoms with van der Waals surface area (Å²) in [6, 6.07) is 25.9. The third kappa shape index (κ3) is 4.76. The minimum Gasteiger partial charge on any atom is -0.226 e. The van der Waals surface area contributed by atoms with Crippen LogP contribution in [0.25, 0.3) is 17.8 Å². The first-order chi connectivity index (χ1) is 14.1. The summed E-state index contributed by atoms with van der Waals surface area (Å²) < 4.78 is 1.97. The predicted molar refractivity (Wildman–Crippen MR) is 124 cm³/mol. The summed E-state index contributed by atoms with van der Waals surface area (Å²) in [5, 5.41) is 7.06. The van der Waals surface area contributed by atoms with Gasteiger partial charge in [-0.05, 0) is 48.9 Å². The van der Waals surface area contributed by atoms with E-state index in [2.05, 4.69) is 24.3 Å². The molecule has 1 heterocycles. The Kier molecular flexibility index (Phi) is 6.10. The summed E-state index contributed by atoms with van der Waals surface area (Å²) in [6.45, 7) is 2.03. The summed E-state index contributed by atoms with van der Waals surface area (Å²) in [6.07, 6.45) is 4.22. The van der Waals surface area contributed by atoms with Crippen LogP contribution in [0.2, 0.25) is 10.0 Å². The minimum atomic E-state index is 0.615. The highest BCUT2D eigenvalue weighted by atomic mass is 35.5. The van der Waals surface area contributed by atoms with Crippen LogP contribution in [-0.2, 0) is 0 Å². The van der Waals surface area contributed by atoms with E-state index in [0.29, 0.717) is 10.0 Å². The second-order valence-electron chi connectivity index (χ2n) is 6.50. The number of aromatic nitrogens is 2. The average Bonchev–Trinajstić information content (AvgIpc) is 3.02. The molecule has 1 aromatic heterocycles. The van der Waals surface area contributed by atoms with Gasteiger partial charge >= 0.3 is 0 Å². The van der Waals surface area contributed by atoms with Crippen LogP contribution in [-0.4, -0.2) is 9.78 Å². The van der Waals surface area contributed by atoms with Crippen molar-refractivity contribution in [2.45, 2.75) is 16.8 Å². The molecule has 0 saturated heterocycles. The van der Waals surface area contributed by atoms with Crippen molar-refractivity contribution in [2.75, 3.05) is 0 Å². The number of halogens is 2. The van der Waals surface area contributed by atoms with Crippen LogP contribution in [0.1, 0.15) is 16.8 Å². The molecule has 4 aromatic rings. The van der Waals surface area contributed by atoms with Crippen molar-refractivity contribution in [3.8, 4) is 5.69 Å². The molecular formula is C24H18Cl2N2S. The molecule has 0 N–H and O–H groups in total. The first-order valence-electron chi connectivity index (χ1n) is 9.12. The standard InChI is InChI=1S/C24H18Cl2N2S/c1-17-23(13-12-18-8-4-2-5-9-18)24(28(27-17)21-10-6-3-7-11-21)29-22-15-19(25)14-20(26)16-22/h2-16H,1H3/b13-12+. The maximum absolute atomic E-state index is 6.23. The molecule has 0 bridgehead atoms. The first-order valence-corrected chi connectivity index (χ1v) is 10.7. The SMILES string of the molecule is Cc1nn(-c2ccccc2)c(Sc2cc(Cl)cc(Cl)c2)c1/C=C/c1ccccc1. The summed E-state index contributed by atoms with van der Waals surface area (Å²) in [5.41, 5.74) is 4.17. The lowest BCUT2D eigenvalue weighted by Gasteiger charge is -2.09. The molecule has 0 unspecified atom stereocenters. The Morgan fingerprint density at radius 1 is 0.828 bits per heavy atom. The summed E-state index contributed by atoms with van der Waals surface area (Å²) in [4.78, 5) is 0.967. The highest BCUT2D eigenvalue weighted by Gasteiger charge is 2.16. The van der Waals surface area contributed by atoms with Crippen LogP contribution >= 0.6 is 35.0 Å². The van der Waals surface area contributed by atoms with Gasteiger partial charge in [0.05, 0.1) is 11.4 Å². The van der Waals surface area contributed by atoms with Crippen molar-refractivity contribution in [3.05, 3.63) is 106 Å². The zero-order valence-electron chi connectivity index (χ0n) is 15.7. The van der Waals surface area contributed by atoms with Gasteiger partial charge in [-0.3, -0.25) is 0 Å². The van der Waals surface area contributed by atoms with Gasteiger partial charge in [0, 0.05) is 20.5 Å². The smallest absolute Gasteiger partial charge is 0.112 e. The fourth-order valence-electron chi connectivity index (χ4n) is 3.00. The van der Waals surface area contributed by atoms with Crippen molar-refractivity contribution in [2.24, 2.45) is 0 Å². The fourth-order valence-corrected chi connectivity index (χ4v) is 4.80. The molecule has 0 radical (unpaired) electrons. The molecule has 4 rings (SSSR count). The minimum absolute atomic E-state index is 0.615. The molecule has 0 aliphatic carbocycles. The van der Waals surface area contributed by atoms with Crippen LogP contribution in [0.5, 0.6) is 0 Å². The zero-order chi connectivity index (χ0) is 20.2. The number of hydrogen-bond donors (Lipinski definition) is 0. The van der Waals surface area contributed by atoms with Gasteiger partial charge < -0.3 is 0 Å². The van der Waals surface area contributed by atoms with Crippen molar-refractivity contribution in [1.29, 1.82) is 0 Å². The van der Waals surface area contributed by atoms with Crippen molar-refractivity contribution in [1.82, 2.24) is 9.78 Å². The molecule has 2 nitrogen and oxygen atoms in total. The van der Waals surface area contributed by atoms with Gasteiger partial charge in [-0.1, -0.05) is 89.6 Å². The van der Waals surface area contributed by atoms with Crippen molar-refractivity contribution in [3.63, 3.8) is 0 Å². The summed E-state index contributed by atoms with van der Waals surface area (Å²) in [7, 11) is 0. The van der Waals surface area contributed by atoms with Crippen molar-refractivity contribution < 1.29 is 0 Å². The monoisotopic (exact) mass is 436 g/mol. The average molecular weight is 437 g/mol. The van der Waals surface area contributed by atoms with Gasteiger partial charge in [-0.15, -0.1) is 0 Å². The molecule has 0 spiro atoms. The molecule has 0 aliphatic rings. The first kappa shape index (κ1) is 19.8. The number of rotatable bonds is 5. The largest absolute Gasteiger partial charge is 0.226 e. The molecule has 144 valence electrons. The second-order valence-corrected chi connectivity index (χ2v) is 8.44. The quantitative estimate of drug-likeness (QED) is 0.317. The normalized spacial score (nSPS) is 11.3. The lowest BCUT2D eigenvalue weighted by molar-refractivity contribution is 0.793. The molecule has 0 atom stereocenters. The Balaban J connectivity index is 1.82. The summed E-state index contributed by atoms with van der Waals surface area (Å²) >= 11 is 14.1. The van der Waals surface area contributed by atoms with Crippen molar-refractivity contribution >= 4 is 47.1 Å². The van der Waals surface area contributed by atoms with Gasteiger partial charge in [-0.25, -0.2) is 4.68 Å². The fraction of sp³-hybridized carbons (Fsp3) is 0.0417. The van der Waals surface area contributed by atoms with E-state index in [9.17, 15) is 0 Å². The number of aryl methyl sites for hydroxylation is 1. The summed E-state index contributed by atoms with van der Waals surface area (Å²) in [5.74, 6) is 0. The number of nitrogens with zero attached hydrogens (tertiary/aromatic N) is 2. The third-order valence-electron chi connectivity index (χ3n) is 4.36. The lowest BCUT2D eigenvalue weighted by Crippen LogP contribution is -1.98.